The van der Waals surface area contributed by atoms with Crippen molar-refractivity contribution >= 4 is 11.8 Å². The molecule has 1 fully saturated rings. The van der Waals surface area contributed by atoms with Gasteiger partial charge < -0.3 is 15.7 Å². The first kappa shape index (κ1) is 23.0. The second-order valence-electron chi connectivity index (χ2n) is 8.98. The van der Waals surface area contributed by atoms with Crippen LogP contribution in [0.5, 0.6) is 0 Å². The maximum absolute atomic E-state index is 12.7. The van der Waals surface area contributed by atoms with Gasteiger partial charge in [0, 0.05) is 44.1 Å². The molecule has 1 saturated heterocycles. The van der Waals surface area contributed by atoms with Crippen molar-refractivity contribution < 1.29 is 14.7 Å². The normalized spacial score (nSPS) is 17.4. The molecule has 166 valence electrons. The Morgan fingerprint density at radius 3 is 2.26 bits per heavy atom. The molecular weight excluding hydrogens is 390 g/mol. The summed E-state index contributed by atoms with van der Waals surface area (Å²) >= 11 is 0. The van der Waals surface area contributed by atoms with Crippen LogP contribution in [0.4, 0.5) is 0 Å². The summed E-state index contributed by atoms with van der Waals surface area (Å²) in [5, 5.41) is 15.2. The van der Waals surface area contributed by atoms with Crippen molar-refractivity contribution in [2.45, 2.75) is 32.2 Å². The molecule has 6 nitrogen and oxygen atoms in total. The van der Waals surface area contributed by atoms with Crippen molar-refractivity contribution in [1.82, 2.24) is 15.5 Å². The molecule has 2 amide bonds. The second-order valence-corrected chi connectivity index (χ2v) is 8.98. The van der Waals surface area contributed by atoms with Crippen LogP contribution in [-0.4, -0.2) is 60.6 Å². The molecule has 1 aliphatic rings. The Hall–Kier alpha value is -2.70. The van der Waals surface area contributed by atoms with Crippen LogP contribution in [0.3, 0.4) is 0 Å². The lowest BCUT2D eigenvalue weighted by atomic mass is 9.90. The van der Waals surface area contributed by atoms with Gasteiger partial charge in [0.25, 0.3) is 0 Å². The van der Waals surface area contributed by atoms with Crippen LogP contribution in [0.25, 0.3) is 0 Å². The molecule has 0 bridgehead atoms. The van der Waals surface area contributed by atoms with Crippen LogP contribution in [0.2, 0.25) is 0 Å². The van der Waals surface area contributed by atoms with E-state index in [2.05, 4.69) is 39.8 Å². The van der Waals surface area contributed by atoms with Gasteiger partial charge in [-0.1, -0.05) is 74.5 Å². The molecule has 6 heteroatoms. The van der Waals surface area contributed by atoms with Gasteiger partial charge in [-0.25, -0.2) is 0 Å². The van der Waals surface area contributed by atoms with Crippen LogP contribution in [0, 0.1) is 5.41 Å². The summed E-state index contributed by atoms with van der Waals surface area (Å²) < 4.78 is 0. The third-order valence-corrected chi connectivity index (χ3v) is 5.83. The van der Waals surface area contributed by atoms with Gasteiger partial charge in [0.15, 0.2) is 0 Å². The third-order valence-electron chi connectivity index (χ3n) is 5.83. The number of rotatable bonds is 9. The summed E-state index contributed by atoms with van der Waals surface area (Å²) in [7, 11) is 0. The standard InChI is InChI=1S/C25H33N3O3/c1-25(2,18-29)17-27-23(30)15-22-24(31)26-13-14-28(22)16-21(19-9-5-3-6-10-19)20-11-7-4-8-12-20/h3-12,21-22,29H,13-18H2,1-2H3,(H,26,31)(H,27,30)/t22-/m1/s1. The molecule has 3 N–H and O–H groups in total. The van der Waals surface area contributed by atoms with E-state index in [1.807, 2.05) is 50.2 Å². The fraction of sp³-hybridized carbons (Fsp3) is 0.440. The Bertz CT molecular complexity index is 815. The van der Waals surface area contributed by atoms with Crippen LogP contribution in [0.15, 0.2) is 60.7 Å². The quantitative estimate of drug-likeness (QED) is 0.577. The smallest absolute Gasteiger partial charge is 0.237 e. The van der Waals surface area contributed by atoms with E-state index >= 15 is 0 Å². The maximum Gasteiger partial charge on any atom is 0.237 e. The largest absolute Gasteiger partial charge is 0.396 e. The van der Waals surface area contributed by atoms with E-state index in [4.69, 9.17) is 0 Å². The first-order valence-electron chi connectivity index (χ1n) is 10.9. The molecule has 0 spiro atoms. The average Bonchev–Trinajstić information content (AvgIpc) is 2.79. The van der Waals surface area contributed by atoms with Crippen molar-refractivity contribution in [2.75, 3.05) is 32.8 Å². The molecule has 1 aliphatic heterocycles. The Balaban J connectivity index is 1.76. The Morgan fingerprint density at radius 2 is 1.71 bits per heavy atom. The summed E-state index contributed by atoms with van der Waals surface area (Å²) in [4.78, 5) is 27.4. The number of hydrogen-bond donors (Lipinski definition) is 3. The van der Waals surface area contributed by atoms with Gasteiger partial charge in [-0.05, 0) is 11.1 Å². The van der Waals surface area contributed by atoms with E-state index in [-0.39, 0.29) is 30.8 Å². The molecule has 1 heterocycles. The van der Waals surface area contributed by atoms with Crippen molar-refractivity contribution in [3.05, 3.63) is 71.8 Å². The highest BCUT2D eigenvalue weighted by Gasteiger charge is 2.33. The fourth-order valence-corrected chi connectivity index (χ4v) is 3.85. The number of amides is 2. The number of carbonyl (C=O) groups excluding carboxylic acids is 2. The number of aliphatic hydroxyl groups excluding tert-OH is 1. The fourth-order valence-electron chi connectivity index (χ4n) is 3.85. The predicted molar refractivity (Wildman–Crippen MR) is 122 cm³/mol. The molecule has 3 rings (SSSR count). The molecule has 2 aromatic rings. The zero-order valence-corrected chi connectivity index (χ0v) is 18.4. The van der Waals surface area contributed by atoms with E-state index < -0.39 is 11.5 Å². The molecule has 0 unspecified atom stereocenters. The van der Waals surface area contributed by atoms with Gasteiger partial charge in [-0.2, -0.15) is 0 Å². The number of nitrogens with one attached hydrogen (secondary N) is 2. The Kier molecular flexibility index (Phi) is 7.82. The molecule has 2 aromatic carbocycles. The molecular formula is C25H33N3O3. The van der Waals surface area contributed by atoms with Crippen molar-refractivity contribution in [1.29, 1.82) is 0 Å². The number of benzene rings is 2. The number of nitrogens with zero attached hydrogens (tertiary/aromatic N) is 1. The molecule has 31 heavy (non-hydrogen) atoms. The van der Waals surface area contributed by atoms with Gasteiger partial charge in [0.05, 0.1) is 12.5 Å². The minimum absolute atomic E-state index is 0.0147. The van der Waals surface area contributed by atoms with E-state index in [1.54, 1.807) is 0 Å². The average molecular weight is 424 g/mol. The second kappa shape index (κ2) is 10.6. The minimum Gasteiger partial charge on any atom is -0.396 e. The lowest BCUT2D eigenvalue weighted by Crippen LogP contribution is -2.57. The minimum atomic E-state index is -0.513. The van der Waals surface area contributed by atoms with Gasteiger partial charge >= 0.3 is 0 Å². The molecule has 0 saturated carbocycles. The summed E-state index contributed by atoms with van der Waals surface area (Å²) in [6, 6.07) is 20.1. The number of piperazine rings is 1. The number of hydrogen-bond acceptors (Lipinski definition) is 4. The van der Waals surface area contributed by atoms with Crippen LogP contribution >= 0.6 is 0 Å². The topological polar surface area (TPSA) is 81.7 Å². The van der Waals surface area contributed by atoms with Crippen molar-refractivity contribution in [2.24, 2.45) is 5.41 Å². The highest BCUT2D eigenvalue weighted by atomic mass is 16.3. The van der Waals surface area contributed by atoms with Crippen LogP contribution in [-0.2, 0) is 9.59 Å². The summed E-state index contributed by atoms with van der Waals surface area (Å²) in [5.74, 6) is -0.181. The highest BCUT2D eigenvalue weighted by molar-refractivity contribution is 5.88. The van der Waals surface area contributed by atoms with E-state index in [0.717, 1.165) is 0 Å². The van der Waals surface area contributed by atoms with E-state index in [1.165, 1.54) is 11.1 Å². The lowest BCUT2D eigenvalue weighted by molar-refractivity contribution is -0.134. The van der Waals surface area contributed by atoms with Crippen molar-refractivity contribution in [3.8, 4) is 0 Å². The third kappa shape index (κ3) is 6.39. The monoisotopic (exact) mass is 423 g/mol. The molecule has 0 radical (unpaired) electrons. The SMILES string of the molecule is CC(C)(CO)CNC(=O)C[C@@H]1C(=O)NCCN1CC(c1ccccc1)c1ccccc1. The van der Waals surface area contributed by atoms with Gasteiger partial charge in [0.2, 0.25) is 11.8 Å². The van der Waals surface area contributed by atoms with Crippen LogP contribution in [0.1, 0.15) is 37.3 Å². The zero-order chi connectivity index (χ0) is 22.3. The molecule has 1 atom stereocenters. The van der Waals surface area contributed by atoms with Gasteiger partial charge in [-0.15, -0.1) is 0 Å². The first-order chi connectivity index (χ1) is 14.9. The highest BCUT2D eigenvalue weighted by Crippen LogP contribution is 2.27. The van der Waals surface area contributed by atoms with E-state index in [0.29, 0.717) is 26.2 Å². The first-order valence-corrected chi connectivity index (χ1v) is 10.9. The summed E-state index contributed by atoms with van der Waals surface area (Å²) in [5.41, 5.74) is 1.98. The van der Waals surface area contributed by atoms with Crippen LogP contribution < -0.4 is 10.6 Å². The Labute approximate surface area is 184 Å². The lowest BCUT2D eigenvalue weighted by Gasteiger charge is -2.37. The zero-order valence-electron chi connectivity index (χ0n) is 18.4. The number of carbonyl (C=O) groups is 2. The molecule has 0 aromatic heterocycles. The van der Waals surface area contributed by atoms with Crippen molar-refractivity contribution in [3.63, 3.8) is 0 Å². The molecule has 0 aliphatic carbocycles. The summed E-state index contributed by atoms with van der Waals surface area (Å²) in [6.45, 7) is 6.05. The van der Waals surface area contributed by atoms with Gasteiger partial charge in [0.1, 0.15) is 0 Å². The van der Waals surface area contributed by atoms with E-state index in [9.17, 15) is 14.7 Å². The van der Waals surface area contributed by atoms with Gasteiger partial charge in [-0.3, -0.25) is 14.5 Å². The number of aliphatic hydroxyl groups is 1. The summed E-state index contributed by atoms with van der Waals surface area (Å²) in [6.07, 6.45) is 0.101. The predicted octanol–water partition coefficient (Wildman–Crippen LogP) is 2.14. The Morgan fingerprint density at radius 1 is 1.13 bits per heavy atom. The maximum atomic E-state index is 12.7.